The number of benzene rings is 11. The van der Waals surface area contributed by atoms with E-state index < -0.39 is 0 Å². The number of nitrogens with zero attached hydrogens (tertiary/aromatic N) is 3. The number of aliphatic imine (C=N–C) groups is 2. The van der Waals surface area contributed by atoms with Crippen molar-refractivity contribution in [1.29, 1.82) is 0 Å². The molecule has 1 atom stereocenters. The third-order valence-electron chi connectivity index (χ3n) is 14.9. The normalized spacial score (nSPS) is 13.7. The molecular formula is C69H44N4O2. The molecule has 1 N–H and O–H groups in total. The quantitative estimate of drug-likeness (QED) is 0.165. The van der Waals surface area contributed by atoms with Crippen LogP contribution in [-0.2, 0) is 0 Å². The van der Waals surface area contributed by atoms with Crippen molar-refractivity contribution in [3.05, 3.63) is 271 Å². The van der Waals surface area contributed by atoms with Crippen LogP contribution in [0.25, 0.3) is 116 Å². The molecule has 0 saturated heterocycles. The fourth-order valence-electron chi connectivity index (χ4n) is 11.3. The van der Waals surface area contributed by atoms with Crippen molar-refractivity contribution in [3.8, 4) is 50.2 Å². The number of aromatic nitrogens is 1. The zero-order valence-corrected chi connectivity index (χ0v) is 40.5. The van der Waals surface area contributed by atoms with E-state index in [4.69, 9.17) is 18.8 Å². The first-order chi connectivity index (χ1) is 37.2. The standard InChI is InChI=1S/C69H44N4O2/c1-6-18-43(19-7-1)48-30-33-54-53-28-16-17-29-60(53)73(61(54)40-48)51-32-37-62-58(42-51)55-34-31-49(41-63(55)74-62)52-35-36-56(69-71-67(46-24-12-4-13-25-46)70-68(72-69)47-26-14-5-15-27-47)66-64(52)59-39-50(44-20-8-2-9-21-44)38-57(65(59)75-66)45-22-10-3-11-23-45/h1-42,67H,(H,70,71,72). The van der Waals surface area contributed by atoms with Gasteiger partial charge in [0, 0.05) is 49.1 Å². The fourth-order valence-corrected chi connectivity index (χ4v) is 11.3. The predicted molar refractivity (Wildman–Crippen MR) is 309 cm³/mol. The van der Waals surface area contributed by atoms with E-state index in [1.54, 1.807) is 0 Å². The summed E-state index contributed by atoms with van der Waals surface area (Å²) in [6, 6.07) is 89.9. The van der Waals surface area contributed by atoms with Crippen molar-refractivity contribution in [2.45, 2.75) is 6.17 Å². The molecule has 0 fully saturated rings. The Morgan fingerprint density at radius 1 is 0.360 bits per heavy atom. The van der Waals surface area contributed by atoms with Crippen molar-refractivity contribution in [2.75, 3.05) is 0 Å². The van der Waals surface area contributed by atoms with Gasteiger partial charge in [0.1, 0.15) is 34.3 Å². The van der Waals surface area contributed by atoms with Gasteiger partial charge in [0.15, 0.2) is 5.84 Å². The zero-order valence-electron chi connectivity index (χ0n) is 40.5. The molecule has 1 aliphatic rings. The van der Waals surface area contributed by atoms with Crippen LogP contribution in [0.1, 0.15) is 22.9 Å². The van der Waals surface area contributed by atoms with E-state index in [1.165, 1.54) is 21.9 Å². The Morgan fingerprint density at radius 3 is 1.75 bits per heavy atom. The lowest BCUT2D eigenvalue weighted by Gasteiger charge is -2.23. The lowest BCUT2D eigenvalue weighted by Crippen LogP contribution is -2.33. The van der Waals surface area contributed by atoms with Gasteiger partial charge in [-0.15, -0.1) is 0 Å². The zero-order chi connectivity index (χ0) is 49.4. The van der Waals surface area contributed by atoms with E-state index in [0.717, 1.165) is 111 Å². The van der Waals surface area contributed by atoms with Crippen LogP contribution in [0.4, 0.5) is 0 Å². The molecule has 15 rings (SSSR count). The van der Waals surface area contributed by atoms with Crippen molar-refractivity contribution in [1.82, 2.24) is 9.88 Å². The molecule has 11 aromatic carbocycles. The van der Waals surface area contributed by atoms with Crippen LogP contribution in [-0.4, -0.2) is 16.2 Å². The molecule has 0 aliphatic carbocycles. The Hall–Kier alpha value is -10.0. The topological polar surface area (TPSA) is 68.0 Å². The molecule has 75 heavy (non-hydrogen) atoms. The van der Waals surface area contributed by atoms with E-state index in [1.807, 2.05) is 36.4 Å². The molecule has 6 nitrogen and oxygen atoms in total. The second kappa shape index (κ2) is 17.3. The van der Waals surface area contributed by atoms with E-state index in [9.17, 15) is 0 Å². The van der Waals surface area contributed by atoms with Crippen LogP contribution in [0.5, 0.6) is 0 Å². The molecule has 3 aromatic heterocycles. The summed E-state index contributed by atoms with van der Waals surface area (Å²) in [6.07, 6.45) is -0.379. The Bertz CT molecular complexity index is 4590. The number of rotatable bonds is 8. The number of fused-ring (bicyclic) bond motifs is 9. The summed E-state index contributed by atoms with van der Waals surface area (Å²) in [7, 11) is 0. The van der Waals surface area contributed by atoms with Gasteiger partial charge in [0.25, 0.3) is 0 Å². The molecule has 0 bridgehead atoms. The van der Waals surface area contributed by atoms with Gasteiger partial charge in [-0.05, 0) is 105 Å². The van der Waals surface area contributed by atoms with Gasteiger partial charge in [-0.3, -0.25) is 0 Å². The summed E-state index contributed by atoms with van der Waals surface area (Å²) in [4.78, 5) is 10.6. The third-order valence-corrected chi connectivity index (χ3v) is 14.9. The molecule has 0 spiro atoms. The van der Waals surface area contributed by atoms with Crippen LogP contribution >= 0.6 is 0 Å². The van der Waals surface area contributed by atoms with E-state index in [0.29, 0.717) is 11.4 Å². The fraction of sp³-hybridized carbons (Fsp3) is 0.0145. The largest absolute Gasteiger partial charge is 0.456 e. The third kappa shape index (κ3) is 7.18. The van der Waals surface area contributed by atoms with Gasteiger partial charge in [-0.1, -0.05) is 194 Å². The summed E-state index contributed by atoms with van der Waals surface area (Å²) in [5.74, 6) is 1.33. The van der Waals surface area contributed by atoms with E-state index in [2.05, 4.69) is 228 Å². The summed E-state index contributed by atoms with van der Waals surface area (Å²) in [5, 5.41) is 10.1. The van der Waals surface area contributed by atoms with Crippen molar-refractivity contribution in [2.24, 2.45) is 9.98 Å². The molecule has 1 aliphatic heterocycles. The van der Waals surface area contributed by atoms with Gasteiger partial charge >= 0.3 is 0 Å². The SMILES string of the molecule is c1ccc(C2=NC(c3ccc(-c4ccc5c(c4)oc4ccc(-n6c7ccccc7c7ccc(-c8ccccc8)cc76)cc45)c4c3oc3c(-c5ccccc5)cc(-c5ccccc5)cc34)=NC(c3ccccc3)N2)cc1. The Balaban J connectivity index is 0.940. The van der Waals surface area contributed by atoms with Gasteiger partial charge in [-0.2, -0.15) is 0 Å². The van der Waals surface area contributed by atoms with Crippen molar-refractivity contribution < 1.29 is 8.83 Å². The van der Waals surface area contributed by atoms with E-state index >= 15 is 0 Å². The number of hydrogen-bond acceptors (Lipinski definition) is 5. The van der Waals surface area contributed by atoms with Crippen LogP contribution in [0, 0.1) is 0 Å². The number of hydrogen-bond donors (Lipinski definition) is 1. The highest BCUT2D eigenvalue weighted by Gasteiger charge is 2.27. The molecule has 1 unspecified atom stereocenters. The minimum absolute atomic E-state index is 0.379. The Labute approximate surface area is 431 Å². The highest BCUT2D eigenvalue weighted by molar-refractivity contribution is 6.24. The van der Waals surface area contributed by atoms with E-state index in [-0.39, 0.29) is 6.17 Å². The summed E-state index contributed by atoms with van der Waals surface area (Å²) in [5.41, 5.74) is 18.0. The summed E-state index contributed by atoms with van der Waals surface area (Å²) >= 11 is 0. The minimum Gasteiger partial charge on any atom is -0.456 e. The molecule has 0 radical (unpaired) electrons. The molecular weight excluding hydrogens is 917 g/mol. The van der Waals surface area contributed by atoms with Crippen LogP contribution in [0.3, 0.4) is 0 Å². The summed E-state index contributed by atoms with van der Waals surface area (Å²) < 4.78 is 16.6. The van der Waals surface area contributed by atoms with Gasteiger partial charge in [0.2, 0.25) is 0 Å². The molecule has 14 aromatic rings. The average molecular weight is 961 g/mol. The van der Waals surface area contributed by atoms with Crippen LogP contribution in [0.15, 0.2) is 274 Å². The highest BCUT2D eigenvalue weighted by Crippen LogP contribution is 2.46. The first kappa shape index (κ1) is 42.6. The second-order valence-electron chi connectivity index (χ2n) is 19.3. The van der Waals surface area contributed by atoms with Crippen molar-refractivity contribution in [3.63, 3.8) is 0 Å². The first-order valence-electron chi connectivity index (χ1n) is 25.4. The number of nitrogens with one attached hydrogen (secondary N) is 1. The number of amidine groups is 2. The Morgan fingerprint density at radius 2 is 0.987 bits per heavy atom. The van der Waals surface area contributed by atoms with Crippen LogP contribution in [0.2, 0.25) is 0 Å². The molecule has 0 amide bonds. The van der Waals surface area contributed by atoms with Crippen LogP contribution < -0.4 is 5.32 Å². The molecule has 352 valence electrons. The maximum atomic E-state index is 7.34. The van der Waals surface area contributed by atoms with Gasteiger partial charge in [0.05, 0.1) is 16.6 Å². The molecule has 4 heterocycles. The lowest BCUT2D eigenvalue weighted by atomic mass is 9.92. The molecule has 6 heteroatoms. The lowest BCUT2D eigenvalue weighted by molar-refractivity contribution is 0.664. The number of furan rings is 2. The Kier molecular flexibility index (Phi) is 9.85. The van der Waals surface area contributed by atoms with Gasteiger partial charge < -0.3 is 18.7 Å². The maximum Gasteiger partial charge on any atom is 0.163 e. The summed E-state index contributed by atoms with van der Waals surface area (Å²) in [6.45, 7) is 0. The van der Waals surface area contributed by atoms with Crippen molar-refractivity contribution >= 4 is 77.4 Å². The minimum atomic E-state index is -0.379. The molecule has 0 saturated carbocycles. The average Bonchev–Trinajstić information content (AvgIpc) is 4.24. The smallest absolute Gasteiger partial charge is 0.163 e. The predicted octanol–water partition coefficient (Wildman–Crippen LogP) is 17.7. The second-order valence-corrected chi connectivity index (χ2v) is 19.3. The number of para-hydroxylation sites is 1. The monoisotopic (exact) mass is 960 g/mol. The highest BCUT2D eigenvalue weighted by atomic mass is 16.3. The first-order valence-corrected chi connectivity index (χ1v) is 25.4. The maximum absolute atomic E-state index is 7.34. The van der Waals surface area contributed by atoms with Gasteiger partial charge in [-0.25, -0.2) is 9.98 Å².